The summed E-state index contributed by atoms with van der Waals surface area (Å²) in [6.07, 6.45) is 2.83. The largest absolute Gasteiger partial charge is 0.456 e. The van der Waals surface area contributed by atoms with Gasteiger partial charge in [-0.15, -0.1) is 0 Å². The summed E-state index contributed by atoms with van der Waals surface area (Å²) in [4.78, 5) is 0. The summed E-state index contributed by atoms with van der Waals surface area (Å²) < 4.78 is 6.02. The molecule has 1 heterocycles. The molecule has 0 saturated heterocycles. The molecule has 6 rings (SSSR count). The van der Waals surface area contributed by atoms with E-state index in [0.29, 0.717) is 0 Å². The van der Waals surface area contributed by atoms with Gasteiger partial charge in [0.2, 0.25) is 0 Å². The van der Waals surface area contributed by atoms with Gasteiger partial charge in [-0.05, 0) is 58.0 Å². The van der Waals surface area contributed by atoms with Crippen molar-refractivity contribution in [2.75, 3.05) is 0 Å². The second kappa shape index (κ2) is 9.00. The highest BCUT2D eigenvalue weighted by atomic mass is 16.3. The molecule has 0 aliphatic heterocycles. The SMILES string of the molecule is N/C(=C\Cc1ccc2c(c1)oc1ccccc12)c1ccc(-c2cccc(-c3ccccc3)c2)cc1. The van der Waals surface area contributed by atoms with Crippen LogP contribution in [-0.4, -0.2) is 0 Å². The molecule has 0 aliphatic carbocycles. The summed E-state index contributed by atoms with van der Waals surface area (Å²) in [6, 6.07) is 42.1. The molecule has 6 aromatic rings. The summed E-state index contributed by atoms with van der Waals surface area (Å²) >= 11 is 0. The first-order valence-corrected chi connectivity index (χ1v) is 11.9. The number of para-hydroxylation sites is 1. The van der Waals surface area contributed by atoms with E-state index in [0.717, 1.165) is 39.6 Å². The van der Waals surface area contributed by atoms with E-state index in [1.54, 1.807) is 0 Å². The lowest BCUT2D eigenvalue weighted by Crippen LogP contribution is -1.97. The standard InChI is InChI=1S/C33H25NO/c34-31(20-14-23-13-19-30-29-11-4-5-12-32(29)35-33(30)21-23)26-17-15-25(16-18-26)28-10-6-9-27(22-28)24-7-2-1-3-8-24/h1-13,15-22H,14,34H2/b31-20-. The highest BCUT2D eigenvalue weighted by Gasteiger charge is 2.07. The quantitative estimate of drug-likeness (QED) is 0.285. The molecule has 0 saturated carbocycles. The molecule has 0 radical (unpaired) electrons. The van der Waals surface area contributed by atoms with Crippen molar-refractivity contribution in [3.05, 3.63) is 139 Å². The van der Waals surface area contributed by atoms with Crippen molar-refractivity contribution in [2.24, 2.45) is 5.73 Å². The maximum atomic E-state index is 6.44. The third-order valence-corrected chi connectivity index (χ3v) is 6.52. The molecule has 0 fully saturated rings. The third-order valence-electron chi connectivity index (χ3n) is 6.52. The van der Waals surface area contributed by atoms with Crippen molar-refractivity contribution in [1.82, 2.24) is 0 Å². The fraction of sp³-hybridized carbons (Fsp3) is 0.0303. The van der Waals surface area contributed by atoms with Crippen LogP contribution in [0.3, 0.4) is 0 Å². The first-order valence-electron chi connectivity index (χ1n) is 11.9. The second-order valence-corrected chi connectivity index (χ2v) is 8.82. The molecule has 168 valence electrons. The van der Waals surface area contributed by atoms with Gasteiger partial charge in [-0.3, -0.25) is 0 Å². The molecule has 0 amide bonds. The Kier molecular flexibility index (Phi) is 5.40. The zero-order chi connectivity index (χ0) is 23.6. The minimum atomic E-state index is 0.750. The second-order valence-electron chi connectivity index (χ2n) is 8.82. The van der Waals surface area contributed by atoms with Crippen molar-refractivity contribution in [1.29, 1.82) is 0 Å². The van der Waals surface area contributed by atoms with E-state index in [1.165, 1.54) is 27.8 Å². The predicted molar refractivity (Wildman–Crippen MR) is 147 cm³/mol. The van der Waals surface area contributed by atoms with Crippen molar-refractivity contribution < 1.29 is 4.42 Å². The van der Waals surface area contributed by atoms with Crippen LogP contribution in [0.15, 0.2) is 132 Å². The number of rotatable bonds is 5. The van der Waals surface area contributed by atoms with Crippen LogP contribution in [0.5, 0.6) is 0 Å². The van der Waals surface area contributed by atoms with Crippen LogP contribution >= 0.6 is 0 Å². The van der Waals surface area contributed by atoms with Gasteiger partial charge < -0.3 is 10.2 Å². The lowest BCUT2D eigenvalue weighted by molar-refractivity contribution is 0.668. The Morgan fingerprint density at radius 2 is 1.23 bits per heavy atom. The number of nitrogens with two attached hydrogens (primary N) is 1. The zero-order valence-corrected chi connectivity index (χ0v) is 19.3. The van der Waals surface area contributed by atoms with Crippen LogP contribution in [0.4, 0.5) is 0 Å². The summed E-state index contributed by atoms with van der Waals surface area (Å²) in [7, 11) is 0. The van der Waals surface area contributed by atoms with Gasteiger partial charge in [0.1, 0.15) is 11.2 Å². The Hall–Kier alpha value is -4.56. The van der Waals surface area contributed by atoms with Gasteiger partial charge in [0.25, 0.3) is 0 Å². The van der Waals surface area contributed by atoms with Gasteiger partial charge >= 0.3 is 0 Å². The fourth-order valence-electron chi connectivity index (χ4n) is 4.61. The molecular weight excluding hydrogens is 426 g/mol. The molecular formula is C33H25NO. The first-order chi connectivity index (χ1) is 17.2. The summed E-state index contributed by atoms with van der Waals surface area (Å²) in [5.74, 6) is 0. The Labute approximate surface area is 205 Å². The van der Waals surface area contributed by atoms with E-state index in [-0.39, 0.29) is 0 Å². The van der Waals surface area contributed by atoms with Gasteiger partial charge in [0, 0.05) is 16.5 Å². The lowest BCUT2D eigenvalue weighted by Gasteiger charge is -2.08. The Balaban J connectivity index is 1.21. The van der Waals surface area contributed by atoms with Gasteiger partial charge in [-0.25, -0.2) is 0 Å². The molecule has 2 N–H and O–H groups in total. The van der Waals surface area contributed by atoms with Crippen molar-refractivity contribution >= 4 is 27.6 Å². The zero-order valence-electron chi connectivity index (χ0n) is 19.3. The average Bonchev–Trinajstić information content (AvgIpc) is 3.30. The van der Waals surface area contributed by atoms with Crippen LogP contribution in [0.1, 0.15) is 11.1 Å². The molecule has 5 aromatic carbocycles. The van der Waals surface area contributed by atoms with Crippen LogP contribution in [0.25, 0.3) is 49.9 Å². The molecule has 0 aliphatic rings. The van der Waals surface area contributed by atoms with Gasteiger partial charge in [-0.1, -0.05) is 109 Å². The molecule has 0 spiro atoms. The summed E-state index contributed by atoms with van der Waals surface area (Å²) in [6.45, 7) is 0. The molecule has 2 heteroatoms. The number of hydrogen-bond donors (Lipinski definition) is 1. The average molecular weight is 452 g/mol. The monoisotopic (exact) mass is 451 g/mol. The van der Waals surface area contributed by atoms with Crippen molar-refractivity contribution in [2.45, 2.75) is 6.42 Å². The van der Waals surface area contributed by atoms with Crippen molar-refractivity contribution in [3.63, 3.8) is 0 Å². The summed E-state index contributed by atoms with van der Waals surface area (Å²) in [5.41, 5.74) is 16.1. The summed E-state index contributed by atoms with van der Waals surface area (Å²) in [5, 5.41) is 2.30. The number of allylic oxidation sites excluding steroid dienone is 1. The number of hydrogen-bond acceptors (Lipinski definition) is 2. The fourth-order valence-corrected chi connectivity index (χ4v) is 4.61. The molecule has 0 bridgehead atoms. The van der Waals surface area contributed by atoms with E-state index < -0.39 is 0 Å². The van der Waals surface area contributed by atoms with Gasteiger partial charge in [0.15, 0.2) is 0 Å². The maximum absolute atomic E-state index is 6.44. The topological polar surface area (TPSA) is 39.2 Å². The van der Waals surface area contributed by atoms with E-state index in [9.17, 15) is 0 Å². The predicted octanol–water partition coefficient (Wildman–Crippen LogP) is 8.46. The van der Waals surface area contributed by atoms with Crippen LogP contribution in [0, 0.1) is 0 Å². The maximum Gasteiger partial charge on any atom is 0.135 e. The lowest BCUT2D eigenvalue weighted by atomic mass is 9.98. The third kappa shape index (κ3) is 4.22. The first kappa shape index (κ1) is 21.0. The number of benzene rings is 5. The van der Waals surface area contributed by atoms with E-state index in [2.05, 4.69) is 103 Å². The molecule has 2 nitrogen and oxygen atoms in total. The van der Waals surface area contributed by atoms with Gasteiger partial charge in [-0.2, -0.15) is 0 Å². The highest BCUT2D eigenvalue weighted by Crippen LogP contribution is 2.30. The minimum absolute atomic E-state index is 0.750. The number of fused-ring (bicyclic) bond motifs is 3. The van der Waals surface area contributed by atoms with Crippen LogP contribution in [0.2, 0.25) is 0 Å². The molecule has 0 atom stereocenters. The van der Waals surface area contributed by atoms with E-state index in [1.807, 2.05) is 24.3 Å². The van der Waals surface area contributed by atoms with E-state index in [4.69, 9.17) is 10.2 Å². The van der Waals surface area contributed by atoms with E-state index >= 15 is 0 Å². The van der Waals surface area contributed by atoms with Crippen molar-refractivity contribution in [3.8, 4) is 22.3 Å². The molecule has 1 aromatic heterocycles. The highest BCUT2D eigenvalue weighted by molar-refractivity contribution is 6.04. The molecule has 35 heavy (non-hydrogen) atoms. The van der Waals surface area contributed by atoms with Crippen LogP contribution < -0.4 is 5.73 Å². The van der Waals surface area contributed by atoms with Gasteiger partial charge in [0.05, 0.1) is 0 Å². The normalized spacial score (nSPS) is 11.8. The van der Waals surface area contributed by atoms with Crippen LogP contribution in [-0.2, 0) is 6.42 Å². The number of furan rings is 1. The Morgan fingerprint density at radius 1 is 0.571 bits per heavy atom. The smallest absolute Gasteiger partial charge is 0.135 e. The Morgan fingerprint density at radius 3 is 2.03 bits per heavy atom. The molecule has 0 unspecified atom stereocenters. The Bertz CT molecular complexity index is 1660. The minimum Gasteiger partial charge on any atom is -0.456 e.